The summed E-state index contributed by atoms with van der Waals surface area (Å²) in [5.41, 5.74) is -2.47. The number of anilines is 3. The van der Waals surface area contributed by atoms with E-state index < -0.39 is 60.3 Å². The summed E-state index contributed by atoms with van der Waals surface area (Å²) >= 11 is 0. The van der Waals surface area contributed by atoms with Gasteiger partial charge in [0.05, 0.1) is 30.5 Å². The minimum absolute atomic E-state index is 0.0260. The number of nitrogens with one attached hydrogen (secondary N) is 3. The predicted octanol–water partition coefficient (Wildman–Crippen LogP) is 8.49. The van der Waals surface area contributed by atoms with Crippen LogP contribution in [0, 0.1) is 16.2 Å². The predicted molar refractivity (Wildman–Crippen MR) is 195 cm³/mol. The third-order valence-corrected chi connectivity index (χ3v) is 12.6. The number of ketones is 2. The van der Waals surface area contributed by atoms with Gasteiger partial charge in [0.1, 0.15) is 17.2 Å². The van der Waals surface area contributed by atoms with E-state index in [9.17, 15) is 24.0 Å². The maximum absolute atomic E-state index is 14.2. The second-order valence-electron chi connectivity index (χ2n) is 16.7. The number of carbonyl (C=O) groups is 5. The van der Waals surface area contributed by atoms with E-state index in [-0.39, 0.29) is 39.0 Å². The molecule has 3 amide bonds. The first-order valence-electron chi connectivity index (χ1n) is 16.2. The van der Waals surface area contributed by atoms with Crippen molar-refractivity contribution >= 4 is 54.7 Å². The topological polar surface area (TPSA) is 140 Å². The lowest BCUT2D eigenvalue weighted by atomic mass is 9.92. The maximum Gasteiger partial charge on any atom is 0.250 e. The number of hydrogen-bond acceptors (Lipinski definition) is 7. The highest BCUT2D eigenvalue weighted by Crippen LogP contribution is 2.45. The molecular weight excluding hydrogens is 627 g/mol. The summed E-state index contributed by atoms with van der Waals surface area (Å²) in [6, 6.07) is 8.21. The summed E-state index contributed by atoms with van der Waals surface area (Å²) in [5.74, 6) is -1.95. The van der Waals surface area contributed by atoms with Gasteiger partial charge in [-0.3, -0.25) is 24.0 Å². The van der Waals surface area contributed by atoms with Crippen LogP contribution in [-0.2, 0) is 14.4 Å². The Morgan fingerprint density at radius 1 is 0.604 bits per heavy atom. The number of hydrogen-bond donors (Lipinski definition) is 3. The van der Waals surface area contributed by atoms with Crippen LogP contribution >= 0.6 is 0 Å². The maximum atomic E-state index is 14.2. The summed E-state index contributed by atoms with van der Waals surface area (Å²) in [5, 5.41) is 8.36. The molecule has 0 aromatic heterocycles. The molecule has 0 heterocycles. The first kappa shape index (κ1) is 40.2. The molecule has 0 aliphatic rings. The Hall–Kier alpha value is -3.99. The third kappa shape index (κ3) is 9.78. The van der Waals surface area contributed by atoms with Crippen LogP contribution in [0.3, 0.4) is 0 Å². The standard InChI is InChI=1S/C37H55N3O7Si/c1-34(2,3)31(43)38-28-23(25(42)21-24(41)22-18-16-17-19-26(22)47-48(14,15)37(10,11)12)20-27(46-13)29(39-32(44)35(4,5)6)30(28)40-33(45)36(7,8)9/h16-20H,21H2,1-15H3,(H,38,43)(H,39,44)(H,40,45). The van der Waals surface area contributed by atoms with Gasteiger partial charge in [-0.15, -0.1) is 0 Å². The van der Waals surface area contributed by atoms with Gasteiger partial charge in [-0.05, 0) is 36.3 Å². The van der Waals surface area contributed by atoms with E-state index in [0.717, 1.165) is 0 Å². The molecule has 2 aromatic carbocycles. The fourth-order valence-corrected chi connectivity index (χ4v) is 4.91. The van der Waals surface area contributed by atoms with Gasteiger partial charge >= 0.3 is 0 Å². The average Bonchev–Trinajstić information content (AvgIpc) is 2.92. The number of rotatable bonds is 10. The van der Waals surface area contributed by atoms with E-state index in [1.54, 1.807) is 86.6 Å². The lowest BCUT2D eigenvalue weighted by Crippen LogP contribution is -2.44. The van der Waals surface area contributed by atoms with E-state index in [2.05, 4.69) is 49.8 Å². The monoisotopic (exact) mass is 681 g/mol. The fraction of sp³-hybridized carbons (Fsp3) is 0.541. The van der Waals surface area contributed by atoms with Gasteiger partial charge in [0, 0.05) is 21.8 Å². The van der Waals surface area contributed by atoms with Crippen LogP contribution < -0.4 is 25.1 Å². The molecule has 0 atom stereocenters. The molecule has 2 rings (SSSR count). The molecule has 0 unspecified atom stereocenters. The van der Waals surface area contributed by atoms with Gasteiger partial charge in [-0.1, -0.05) is 95.2 Å². The van der Waals surface area contributed by atoms with Crippen LogP contribution in [0.5, 0.6) is 11.5 Å². The summed E-state index contributed by atoms with van der Waals surface area (Å²) in [4.78, 5) is 68.1. The van der Waals surface area contributed by atoms with Crippen molar-refractivity contribution in [1.82, 2.24) is 0 Å². The van der Waals surface area contributed by atoms with Crippen molar-refractivity contribution in [3.8, 4) is 11.5 Å². The van der Waals surface area contributed by atoms with Crippen LogP contribution in [0.1, 0.15) is 110 Å². The van der Waals surface area contributed by atoms with Crippen LogP contribution in [0.25, 0.3) is 0 Å². The van der Waals surface area contributed by atoms with Gasteiger partial charge in [0.25, 0.3) is 8.32 Å². The first-order chi connectivity index (χ1) is 21.6. The van der Waals surface area contributed by atoms with Crippen LogP contribution in [0.4, 0.5) is 17.1 Å². The SMILES string of the molecule is COc1cc(C(=O)CC(=O)c2ccccc2O[Si](C)(C)C(C)(C)C)c(NC(=O)C(C)(C)C)c(NC(=O)C(C)(C)C)c1NC(=O)C(C)(C)C. The van der Waals surface area contributed by atoms with E-state index in [0.29, 0.717) is 5.75 Å². The van der Waals surface area contributed by atoms with Crippen molar-refractivity contribution in [2.24, 2.45) is 16.2 Å². The highest BCUT2D eigenvalue weighted by Gasteiger charge is 2.40. The molecule has 2 aromatic rings. The quantitative estimate of drug-likeness (QED) is 0.130. The van der Waals surface area contributed by atoms with Crippen molar-refractivity contribution in [2.75, 3.05) is 23.1 Å². The molecule has 0 radical (unpaired) electrons. The van der Waals surface area contributed by atoms with Crippen molar-refractivity contribution in [1.29, 1.82) is 0 Å². The van der Waals surface area contributed by atoms with Crippen LogP contribution in [0.2, 0.25) is 18.1 Å². The smallest absolute Gasteiger partial charge is 0.250 e. The molecule has 0 bridgehead atoms. The van der Waals surface area contributed by atoms with Crippen molar-refractivity contribution in [3.63, 3.8) is 0 Å². The third-order valence-electron chi connectivity index (χ3n) is 8.25. The summed E-state index contributed by atoms with van der Waals surface area (Å²) in [7, 11) is -0.973. The molecule has 10 nitrogen and oxygen atoms in total. The lowest BCUT2D eigenvalue weighted by Gasteiger charge is -2.36. The Bertz CT molecular complexity index is 1580. The normalized spacial score (nSPS) is 12.6. The zero-order valence-corrected chi connectivity index (χ0v) is 32.5. The minimum atomic E-state index is -2.33. The number of ether oxygens (including phenoxy) is 1. The van der Waals surface area contributed by atoms with Gasteiger partial charge in [-0.2, -0.15) is 0 Å². The number of carbonyl (C=O) groups excluding carboxylic acids is 5. The Labute approximate surface area is 287 Å². The number of methoxy groups -OCH3 is 1. The van der Waals surface area contributed by atoms with E-state index in [4.69, 9.17) is 9.16 Å². The molecule has 0 saturated carbocycles. The Balaban J connectivity index is 2.84. The number of benzene rings is 2. The molecule has 48 heavy (non-hydrogen) atoms. The Morgan fingerprint density at radius 2 is 1.02 bits per heavy atom. The summed E-state index contributed by atoms with van der Waals surface area (Å²) in [6.45, 7) is 25.8. The molecule has 0 spiro atoms. The van der Waals surface area contributed by atoms with Crippen molar-refractivity contribution in [3.05, 3.63) is 41.5 Å². The van der Waals surface area contributed by atoms with Crippen LogP contribution in [0.15, 0.2) is 30.3 Å². The number of Topliss-reactive ketones (excluding diaryl/α,β-unsaturated/α-hetero) is 2. The van der Waals surface area contributed by atoms with Crippen LogP contribution in [-0.4, -0.2) is 44.7 Å². The first-order valence-corrected chi connectivity index (χ1v) is 19.1. The van der Waals surface area contributed by atoms with E-state index in [1.807, 2.05) is 0 Å². The second-order valence-corrected chi connectivity index (χ2v) is 21.5. The minimum Gasteiger partial charge on any atom is -0.543 e. The molecule has 3 N–H and O–H groups in total. The highest BCUT2D eigenvalue weighted by atomic mass is 28.4. The fourth-order valence-electron chi connectivity index (χ4n) is 3.87. The zero-order valence-electron chi connectivity index (χ0n) is 31.5. The van der Waals surface area contributed by atoms with E-state index >= 15 is 0 Å². The van der Waals surface area contributed by atoms with Gasteiger partial charge in [0.2, 0.25) is 17.7 Å². The van der Waals surface area contributed by atoms with Gasteiger partial charge in [0.15, 0.2) is 11.6 Å². The van der Waals surface area contributed by atoms with Crippen molar-refractivity contribution in [2.45, 2.75) is 108 Å². The average molecular weight is 682 g/mol. The van der Waals surface area contributed by atoms with E-state index in [1.165, 1.54) is 13.2 Å². The molecular formula is C37H55N3O7Si. The zero-order chi connectivity index (χ0) is 37.2. The molecule has 11 heteroatoms. The van der Waals surface area contributed by atoms with Gasteiger partial charge < -0.3 is 25.1 Å². The number of amides is 3. The summed E-state index contributed by atoms with van der Waals surface area (Å²) in [6.07, 6.45) is -0.570. The summed E-state index contributed by atoms with van der Waals surface area (Å²) < 4.78 is 12.1. The second kappa shape index (κ2) is 14.2. The molecule has 0 fully saturated rings. The molecule has 0 saturated heterocycles. The Morgan fingerprint density at radius 3 is 1.46 bits per heavy atom. The lowest BCUT2D eigenvalue weighted by molar-refractivity contribution is -0.124. The molecule has 264 valence electrons. The molecule has 0 aliphatic heterocycles. The number of para-hydroxylation sites is 1. The van der Waals surface area contributed by atoms with Gasteiger partial charge in [-0.25, -0.2) is 0 Å². The highest BCUT2D eigenvalue weighted by molar-refractivity contribution is 6.74. The Kier molecular flexibility index (Phi) is 11.9. The largest absolute Gasteiger partial charge is 0.543 e. The molecule has 0 aliphatic carbocycles. The van der Waals surface area contributed by atoms with Crippen molar-refractivity contribution < 1.29 is 33.1 Å².